The minimum Gasteiger partial charge on any atom is -0.369 e. The molecule has 13 heteroatoms. The summed E-state index contributed by atoms with van der Waals surface area (Å²) in [5.41, 5.74) is 5.49. The number of aromatic nitrogens is 4. The number of nitrogens with one attached hydrogen (secondary N) is 2. The monoisotopic (exact) mass is 509 g/mol. The van der Waals surface area contributed by atoms with E-state index in [1.165, 1.54) is 6.20 Å². The van der Waals surface area contributed by atoms with Gasteiger partial charge in [-0.25, -0.2) is 31.9 Å². The number of anilines is 3. The van der Waals surface area contributed by atoms with Gasteiger partial charge in [0.25, 0.3) is 0 Å². The van der Waals surface area contributed by atoms with E-state index in [-0.39, 0.29) is 49.0 Å². The Hall–Kier alpha value is -3.51. The second-order valence-electron chi connectivity index (χ2n) is 9.43. The Kier molecular flexibility index (Phi) is 6.17. The molecular weight excluding hydrogens is 485 g/mol. The number of alkyl halides is 2. The zero-order valence-electron chi connectivity index (χ0n) is 19.1. The fraction of sp³-hybridized carbons (Fsp3) is 0.478. The van der Waals surface area contributed by atoms with Gasteiger partial charge >= 0.3 is 0 Å². The van der Waals surface area contributed by atoms with Crippen LogP contribution in [0.5, 0.6) is 0 Å². The summed E-state index contributed by atoms with van der Waals surface area (Å²) in [6.45, 7) is 0. The van der Waals surface area contributed by atoms with Gasteiger partial charge in [-0.3, -0.25) is 9.36 Å². The van der Waals surface area contributed by atoms with Gasteiger partial charge in [-0.15, -0.1) is 0 Å². The summed E-state index contributed by atoms with van der Waals surface area (Å²) in [7, 11) is 0. The second-order valence-corrected chi connectivity index (χ2v) is 9.43. The Morgan fingerprint density at radius 2 is 1.75 bits per heavy atom. The zero-order chi connectivity index (χ0) is 25.6. The molecule has 1 amide bonds. The number of carbonyl (C=O) groups excluding carboxylic acids is 1. The first-order valence-corrected chi connectivity index (χ1v) is 11.7. The van der Waals surface area contributed by atoms with E-state index < -0.39 is 35.1 Å². The minimum absolute atomic E-state index is 0.0517. The highest BCUT2D eigenvalue weighted by molar-refractivity contribution is 5.78. The molecule has 8 nitrogen and oxygen atoms in total. The number of imidazole rings is 1. The molecule has 1 atom stereocenters. The highest BCUT2D eigenvalue weighted by Gasteiger charge is 2.39. The van der Waals surface area contributed by atoms with Crippen LogP contribution in [0.2, 0.25) is 0 Å². The van der Waals surface area contributed by atoms with Crippen molar-refractivity contribution >= 4 is 34.7 Å². The number of rotatable bonds is 6. The highest BCUT2D eigenvalue weighted by atomic mass is 19.3. The predicted octanol–water partition coefficient (Wildman–Crippen LogP) is 4.80. The van der Waals surface area contributed by atoms with Gasteiger partial charge in [0.05, 0.1) is 6.20 Å². The van der Waals surface area contributed by atoms with Crippen LogP contribution >= 0.6 is 0 Å². The van der Waals surface area contributed by atoms with Gasteiger partial charge in [-0.2, -0.15) is 4.98 Å². The van der Waals surface area contributed by atoms with Crippen molar-refractivity contribution in [3.63, 3.8) is 0 Å². The molecule has 2 aliphatic rings. The molecule has 2 aliphatic carbocycles. The van der Waals surface area contributed by atoms with Crippen molar-refractivity contribution in [3.8, 4) is 0 Å². The molecule has 2 fully saturated rings. The number of nitrogens with zero attached hydrogens (tertiary/aromatic N) is 4. The van der Waals surface area contributed by atoms with E-state index in [4.69, 9.17) is 5.73 Å². The molecule has 2 heterocycles. The third-order valence-electron chi connectivity index (χ3n) is 6.88. The van der Waals surface area contributed by atoms with Crippen molar-refractivity contribution in [3.05, 3.63) is 35.8 Å². The standard InChI is InChI=1S/C23H24F5N7O/c24-12-7-15(25)18(16(26)8-12)33-22-32-17-10-30-21(31-13-5-6-23(27,28)9-13)34-20(17)35(22)14-3-1-11(2-4-14)19(29)36/h7-8,10-11,13-14H,1-6,9H2,(H2,29,36)(H,32,33)(H,30,31,34)/t11?,13-,14?/m0/s1. The van der Waals surface area contributed by atoms with Crippen molar-refractivity contribution in [1.29, 1.82) is 0 Å². The van der Waals surface area contributed by atoms with Crippen molar-refractivity contribution < 1.29 is 26.7 Å². The third kappa shape index (κ3) is 4.78. The largest absolute Gasteiger partial charge is 0.369 e. The SMILES string of the molecule is NC(=O)C1CCC(n2c(Nc3c(F)cc(F)cc3F)nc3cnc(N[C@H]4CCC(F)(F)C4)nc32)CC1. The van der Waals surface area contributed by atoms with Crippen molar-refractivity contribution in [2.45, 2.75) is 63.0 Å². The first-order chi connectivity index (χ1) is 17.1. The maximum Gasteiger partial charge on any atom is 0.250 e. The predicted molar refractivity (Wildman–Crippen MR) is 121 cm³/mol. The summed E-state index contributed by atoms with van der Waals surface area (Å²) < 4.78 is 71.1. The topological polar surface area (TPSA) is 111 Å². The average Bonchev–Trinajstić information content (AvgIpc) is 3.34. The number of primary amides is 1. The molecule has 1 aromatic carbocycles. The Bertz CT molecular complexity index is 1280. The smallest absolute Gasteiger partial charge is 0.250 e. The molecule has 0 radical (unpaired) electrons. The molecule has 0 bridgehead atoms. The number of carbonyl (C=O) groups is 1. The molecule has 36 heavy (non-hydrogen) atoms. The number of hydrogen-bond acceptors (Lipinski definition) is 6. The number of nitrogens with two attached hydrogens (primary N) is 1. The molecule has 2 saturated carbocycles. The van der Waals surface area contributed by atoms with Crippen LogP contribution in [0.3, 0.4) is 0 Å². The molecule has 0 aliphatic heterocycles. The zero-order valence-corrected chi connectivity index (χ0v) is 19.1. The van der Waals surface area contributed by atoms with Crippen LogP contribution in [0, 0.1) is 23.4 Å². The lowest BCUT2D eigenvalue weighted by Gasteiger charge is -2.29. The van der Waals surface area contributed by atoms with Crippen molar-refractivity contribution in [2.75, 3.05) is 10.6 Å². The number of amides is 1. The molecule has 5 rings (SSSR count). The average molecular weight is 509 g/mol. The second kappa shape index (κ2) is 9.17. The van der Waals surface area contributed by atoms with E-state index in [1.54, 1.807) is 4.57 Å². The van der Waals surface area contributed by atoms with E-state index in [0.717, 1.165) is 0 Å². The van der Waals surface area contributed by atoms with Crippen LogP contribution in [0.4, 0.5) is 39.5 Å². The lowest BCUT2D eigenvalue weighted by Crippen LogP contribution is -2.29. The number of halogens is 5. The Morgan fingerprint density at radius 1 is 1.06 bits per heavy atom. The van der Waals surface area contributed by atoms with Crippen LogP contribution in [0.1, 0.15) is 51.0 Å². The first-order valence-electron chi connectivity index (χ1n) is 11.7. The summed E-state index contributed by atoms with van der Waals surface area (Å²) in [4.78, 5) is 24.7. The Labute approximate surface area is 202 Å². The summed E-state index contributed by atoms with van der Waals surface area (Å²) in [5.74, 6) is -6.58. The lowest BCUT2D eigenvalue weighted by atomic mass is 9.85. The van der Waals surface area contributed by atoms with Crippen molar-refractivity contribution in [2.24, 2.45) is 11.7 Å². The fourth-order valence-corrected chi connectivity index (χ4v) is 5.04. The molecule has 0 saturated heterocycles. The number of fused-ring (bicyclic) bond motifs is 1. The summed E-state index contributed by atoms with van der Waals surface area (Å²) in [6.07, 6.45) is 3.15. The molecule has 0 spiro atoms. The fourth-order valence-electron chi connectivity index (χ4n) is 5.04. The van der Waals surface area contributed by atoms with Gasteiger partial charge < -0.3 is 16.4 Å². The van der Waals surface area contributed by atoms with Gasteiger partial charge in [-0.05, 0) is 32.1 Å². The normalized spacial score (nSPS) is 23.6. The summed E-state index contributed by atoms with van der Waals surface area (Å²) in [5, 5.41) is 5.55. The van der Waals surface area contributed by atoms with Crippen LogP contribution in [-0.2, 0) is 4.79 Å². The quantitative estimate of drug-likeness (QED) is 0.412. The molecule has 4 N–H and O–H groups in total. The highest BCUT2D eigenvalue weighted by Crippen LogP contribution is 2.38. The molecule has 2 aromatic heterocycles. The van der Waals surface area contributed by atoms with Gasteiger partial charge in [0.15, 0.2) is 17.3 Å². The lowest BCUT2D eigenvalue weighted by molar-refractivity contribution is -0.122. The van der Waals surface area contributed by atoms with E-state index in [9.17, 15) is 26.7 Å². The van der Waals surface area contributed by atoms with Crippen LogP contribution < -0.4 is 16.4 Å². The molecule has 0 unspecified atom stereocenters. The molecular formula is C23H24F5N7O. The maximum atomic E-state index is 14.4. The van der Waals surface area contributed by atoms with Gasteiger partial charge in [-0.1, -0.05) is 0 Å². The van der Waals surface area contributed by atoms with Gasteiger partial charge in [0.2, 0.25) is 23.7 Å². The maximum absolute atomic E-state index is 14.4. The van der Waals surface area contributed by atoms with E-state index >= 15 is 0 Å². The summed E-state index contributed by atoms with van der Waals surface area (Å²) >= 11 is 0. The number of hydrogen-bond donors (Lipinski definition) is 3. The van der Waals surface area contributed by atoms with E-state index in [0.29, 0.717) is 49.0 Å². The summed E-state index contributed by atoms with van der Waals surface area (Å²) in [6, 6.07) is 0.351. The van der Waals surface area contributed by atoms with Crippen LogP contribution in [0.15, 0.2) is 18.3 Å². The van der Waals surface area contributed by atoms with E-state index in [1.807, 2.05) is 0 Å². The van der Waals surface area contributed by atoms with Crippen LogP contribution in [0.25, 0.3) is 11.2 Å². The Balaban J connectivity index is 1.52. The number of benzene rings is 1. The van der Waals surface area contributed by atoms with Gasteiger partial charge in [0.1, 0.15) is 17.0 Å². The van der Waals surface area contributed by atoms with E-state index in [2.05, 4.69) is 25.6 Å². The molecule has 3 aromatic rings. The Morgan fingerprint density at radius 3 is 2.36 bits per heavy atom. The van der Waals surface area contributed by atoms with Crippen LogP contribution in [-0.4, -0.2) is 37.4 Å². The van der Waals surface area contributed by atoms with Crippen molar-refractivity contribution in [1.82, 2.24) is 19.5 Å². The minimum atomic E-state index is -2.75. The van der Waals surface area contributed by atoms with Gasteiger partial charge in [0, 0.05) is 43.0 Å². The third-order valence-corrected chi connectivity index (χ3v) is 6.88. The molecule has 192 valence electrons. The first kappa shape index (κ1) is 24.2.